The summed E-state index contributed by atoms with van der Waals surface area (Å²) in [6.07, 6.45) is 1.25. The molecule has 0 amide bonds. The number of nitrogens with one attached hydrogen (secondary N) is 1. The highest BCUT2D eigenvalue weighted by Gasteiger charge is 2.29. The normalized spacial score (nSPS) is 17.2. The molecule has 1 saturated heterocycles. The molecule has 7 nitrogen and oxygen atoms in total. The van der Waals surface area contributed by atoms with Gasteiger partial charge in [-0.25, -0.2) is 4.99 Å². The van der Waals surface area contributed by atoms with Crippen molar-refractivity contribution in [2.75, 3.05) is 31.2 Å². The maximum atomic E-state index is 10.00. The smallest absolute Gasteiger partial charge is 0.143 e. The lowest BCUT2D eigenvalue weighted by atomic mass is 10.0. The van der Waals surface area contributed by atoms with Crippen molar-refractivity contribution in [3.05, 3.63) is 38.7 Å². The van der Waals surface area contributed by atoms with Gasteiger partial charge in [-0.1, -0.05) is 29.3 Å². The van der Waals surface area contributed by atoms with Crippen LogP contribution in [0.2, 0.25) is 10.0 Å². The zero-order valence-electron chi connectivity index (χ0n) is 15.4. The van der Waals surface area contributed by atoms with Crippen LogP contribution in [0.25, 0.3) is 11.1 Å². The van der Waals surface area contributed by atoms with Gasteiger partial charge in [0.1, 0.15) is 23.2 Å². The zero-order valence-corrected chi connectivity index (χ0v) is 17.7. The Morgan fingerprint density at radius 2 is 2.31 bits per heavy atom. The Labute approximate surface area is 182 Å². The van der Waals surface area contributed by atoms with Gasteiger partial charge in [0.25, 0.3) is 0 Å². The van der Waals surface area contributed by atoms with Crippen LogP contribution in [-0.2, 0) is 4.74 Å². The van der Waals surface area contributed by atoms with Crippen LogP contribution in [0.5, 0.6) is 0 Å². The van der Waals surface area contributed by atoms with Crippen molar-refractivity contribution in [3.63, 3.8) is 0 Å². The van der Waals surface area contributed by atoms with Crippen molar-refractivity contribution in [2.24, 2.45) is 10.7 Å². The van der Waals surface area contributed by atoms with Crippen molar-refractivity contribution >= 4 is 51.7 Å². The number of anilines is 1. The Kier molecular flexibility index (Phi) is 7.11. The molecule has 0 saturated carbocycles. The summed E-state index contributed by atoms with van der Waals surface area (Å²) in [5.74, 6) is 0.133. The lowest BCUT2D eigenvalue weighted by Crippen LogP contribution is -2.42. The monoisotopic (exact) mass is 451 g/mol. The highest BCUT2D eigenvalue weighted by Crippen LogP contribution is 2.44. The van der Waals surface area contributed by atoms with Crippen LogP contribution in [0.3, 0.4) is 0 Å². The second kappa shape index (κ2) is 9.57. The standard InChI is InChI=1S/C19H19Cl2N5O2S/c20-11-1-2-13(15(21)7-11)16-14(8-22)19(29-17(16)18(24)25-10-23)26-4-6-28-12(9-26)3-5-27/h1-2,7,10,12,27H,3-6,9H2,(H3,23,24,25). The fourth-order valence-corrected chi connectivity index (χ4v) is 4.94. The number of nitriles is 1. The summed E-state index contributed by atoms with van der Waals surface area (Å²) in [6, 6.07) is 7.33. The second-order valence-corrected chi connectivity index (χ2v) is 8.16. The molecule has 1 aliphatic rings. The highest BCUT2D eigenvalue weighted by atomic mass is 35.5. The quantitative estimate of drug-likeness (QED) is 0.458. The highest BCUT2D eigenvalue weighted by molar-refractivity contribution is 7.19. The van der Waals surface area contributed by atoms with Crippen molar-refractivity contribution in [1.82, 2.24) is 0 Å². The van der Waals surface area contributed by atoms with Gasteiger partial charge in [0, 0.05) is 40.9 Å². The maximum absolute atomic E-state index is 10.00. The van der Waals surface area contributed by atoms with Crippen molar-refractivity contribution < 1.29 is 9.84 Å². The van der Waals surface area contributed by atoms with E-state index in [-0.39, 0.29) is 18.5 Å². The van der Waals surface area contributed by atoms with Crippen molar-refractivity contribution in [2.45, 2.75) is 12.5 Å². The number of benzene rings is 1. The van der Waals surface area contributed by atoms with Crippen LogP contribution in [-0.4, -0.2) is 49.7 Å². The Bertz CT molecular complexity index is 984. The van der Waals surface area contributed by atoms with Gasteiger partial charge in [-0.2, -0.15) is 5.26 Å². The molecule has 2 heterocycles. The van der Waals surface area contributed by atoms with E-state index < -0.39 is 0 Å². The van der Waals surface area contributed by atoms with Crippen molar-refractivity contribution in [1.29, 1.82) is 10.7 Å². The van der Waals surface area contributed by atoms with Gasteiger partial charge in [-0.3, -0.25) is 5.41 Å². The number of ether oxygens (including phenoxy) is 1. The lowest BCUT2D eigenvalue weighted by Gasteiger charge is -2.33. The number of aliphatic hydroxyl groups is 1. The molecule has 4 N–H and O–H groups in total. The average Bonchev–Trinajstić information content (AvgIpc) is 3.08. The average molecular weight is 452 g/mol. The Hall–Kier alpha value is -2.15. The minimum atomic E-state index is -0.124. The molecule has 1 fully saturated rings. The maximum Gasteiger partial charge on any atom is 0.143 e. The molecule has 10 heteroatoms. The fourth-order valence-electron chi connectivity index (χ4n) is 3.23. The molecule has 0 spiro atoms. The predicted molar refractivity (Wildman–Crippen MR) is 118 cm³/mol. The van der Waals surface area contributed by atoms with E-state index in [0.29, 0.717) is 57.7 Å². The molecule has 152 valence electrons. The van der Waals surface area contributed by atoms with E-state index in [9.17, 15) is 10.4 Å². The van der Waals surface area contributed by atoms with Crippen molar-refractivity contribution in [3.8, 4) is 17.2 Å². The number of rotatable bonds is 6. The summed E-state index contributed by atoms with van der Waals surface area (Å²) < 4.78 is 5.69. The molecular formula is C19H19Cl2N5O2S. The first-order valence-corrected chi connectivity index (χ1v) is 10.4. The predicted octanol–water partition coefficient (Wildman–Crippen LogP) is 3.49. The molecule has 0 bridgehead atoms. The van der Waals surface area contributed by atoms with Gasteiger partial charge < -0.3 is 20.5 Å². The van der Waals surface area contributed by atoms with Gasteiger partial charge in [-0.05, 0) is 18.6 Å². The number of hydrogen-bond acceptors (Lipinski definition) is 6. The molecule has 2 aromatic rings. The third-order valence-corrected chi connectivity index (χ3v) is 6.34. The van der Waals surface area contributed by atoms with Gasteiger partial charge in [0.05, 0.1) is 23.2 Å². The van der Waals surface area contributed by atoms with E-state index in [4.69, 9.17) is 39.1 Å². The molecule has 1 aromatic heterocycles. The minimum Gasteiger partial charge on any atom is -0.396 e. The number of aliphatic hydroxyl groups excluding tert-OH is 1. The number of thiophene rings is 1. The molecule has 1 aromatic carbocycles. The fraction of sp³-hybridized carbons (Fsp3) is 0.316. The third kappa shape index (κ3) is 4.55. The summed E-state index contributed by atoms with van der Waals surface area (Å²) in [7, 11) is 0. The third-order valence-electron chi connectivity index (χ3n) is 4.52. The van der Waals surface area contributed by atoms with Gasteiger partial charge >= 0.3 is 0 Å². The van der Waals surface area contributed by atoms with E-state index >= 15 is 0 Å². The first-order chi connectivity index (χ1) is 14.0. The van der Waals surface area contributed by atoms with Crippen LogP contribution >= 0.6 is 34.5 Å². The Morgan fingerprint density at radius 1 is 1.52 bits per heavy atom. The van der Waals surface area contributed by atoms with Crippen LogP contribution in [0.4, 0.5) is 5.00 Å². The van der Waals surface area contributed by atoms with Crippen LogP contribution in [0.15, 0.2) is 23.2 Å². The summed E-state index contributed by atoms with van der Waals surface area (Å²) in [5.41, 5.74) is 7.74. The molecule has 0 radical (unpaired) electrons. The molecule has 3 rings (SSSR count). The molecule has 1 unspecified atom stereocenters. The minimum absolute atomic E-state index is 0.0316. The molecule has 29 heavy (non-hydrogen) atoms. The van der Waals surface area contributed by atoms with Crippen LogP contribution in [0.1, 0.15) is 16.9 Å². The Morgan fingerprint density at radius 3 is 2.97 bits per heavy atom. The number of amidine groups is 1. The number of aliphatic imine (C=N–C) groups is 1. The lowest BCUT2D eigenvalue weighted by molar-refractivity contribution is 0.0249. The summed E-state index contributed by atoms with van der Waals surface area (Å²) in [5, 5.41) is 28.1. The largest absolute Gasteiger partial charge is 0.396 e. The second-order valence-electron chi connectivity index (χ2n) is 6.32. The van der Waals surface area contributed by atoms with Gasteiger partial charge in [0.15, 0.2) is 0 Å². The summed E-state index contributed by atoms with van der Waals surface area (Å²) >= 11 is 13.8. The van der Waals surface area contributed by atoms with Crippen LogP contribution in [0, 0.1) is 16.7 Å². The SMILES string of the molecule is N#Cc1c(N2CCOC(CCO)C2)sc(C(N)=NC=N)c1-c1ccc(Cl)cc1Cl. The number of nitrogens with two attached hydrogens (primary N) is 1. The summed E-state index contributed by atoms with van der Waals surface area (Å²) in [6.45, 7) is 1.67. The number of halogens is 2. The van der Waals surface area contributed by atoms with E-state index in [1.165, 1.54) is 11.3 Å². The zero-order chi connectivity index (χ0) is 21.0. The summed E-state index contributed by atoms with van der Waals surface area (Å²) in [4.78, 5) is 6.52. The first-order valence-electron chi connectivity index (χ1n) is 8.82. The van der Waals surface area contributed by atoms with Gasteiger partial charge in [-0.15, -0.1) is 11.3 Å². The molecule has 1 atom stereocenters. The number of morpholine rings is 1. The molecule has 1 aliphatic heterocycles. The van der Waals surface area contributed by atoms with E-state index in [1.807, 2.05) is 0 Å². The molecule has 0 aliphatic carbocycles. The van der Waals surface area contributed by atoms with Crippen LogP contribution < -0.4 is 10.6 Å². The topological polar surface area (TPSA) is 119 Å². The Balaban J connectivity index is 2.17. The first kappa shape index (κ1) is 21.6. The molecular weight excluding hydrogens is 433 g/mol. The van der Waals surface area contributed by atoms with E-state index in [2.05, 4.69) is 16.0 Å². The number of hydrogen-bond donors (Lipinski definition) is 3. The van der Waals surface area contributed by atoms with E-state index in [1.54, 1.807) is 18.2 Å². The van der Waals surface area contributed by atoms with E-state index in [0.717, 1.165) is 11.3 Å². The van der Waals surface area contributed by atoms with Gasteiger partial charge in [0.2, 0.25) is 0 Å². The number of nitrogens with zero attached hydrogens (tertiary/aromatic N) is 3.